The molecule has 1 unspecified atom stereocenters. The summed E-state index contributed by atoms with van der Waals surface area (Å²) in [6.07, 6.45) is 0.804. The van der Waals surface area contributed by atoms with Crippen molar-refractivity contribution in [3.8, 4) is 0 Å². The van der Waals surface area contributed by atoms with Crippen molar-refractivity contribution in [3.05, 3.63) is 0 Å². The Hall–Kier alpha value is -0.570. The molecule has 0 saturated heterocycles. The van der Waals surface area contributed by atoms with Crippen LogP contribution in [0.3, 0.4) is 0 Å². The van der Waals surface area contributed by atoms with Crippen LogP contribution < -0.4 is 11.1 Å². The van der Waals surface area contributed by atoms with Crippen molar-refractivity contribution in [1.82, 2.24) is 5.32 Å². The van der Waals surface area contributed by atoms with Crippen LogP contribution in [0.2, 0.25) is 0 Å². The Labute approximate surface area is 100 Å². The molecule has 0 aliphatic heterocycles. The van der Waals surface area contributed by atoms with Gasteiger partial charge in [-0.2, -0.15) is 0 Å². The molecule has 0 heterocycles. The lowest BCUT2D eigenvalue weighted by molar-refractivity contribution is -0.125. The molecule has 0 bridgehead atoms. The van der Waals surface area contributed by atoms with E-state index in [1.54, 1.807) is 0 Å². The highest BCUT2D eigenvalue weighted by Gasteiger charge is 2.33. The molecule has 0 fully saturated rings. The first-order chi connectivity index (χ1) is 7.15. The summed E-state index contributed by atoms with van der Waals surface area (Å²) >= 11 is 0. The highest BCUT2D eigenvalue weighted by molar-refractivity contribution is 5.78. The molecule has 1 atom stereocenters. The van der Waals surface area contributed by atoms with Crippen molar-refractivity contribution in [2.75, 3.05) is 13.1 Å². The third-order valence-corrected chi connectivity index (χ3v) is 3.88. The van der Waals surface area contributed by atoms with Crippen LogP contribution in [-0.2, 0) is 4.79 Å². The van der Waals surface area contributed by atoms with Crippen LogP contribution in [0.15, 0.2) is 0 Å². The second-order valence-electron chi connectivity index (χ2n) is 6.19. The summed E-state index contributed by atoms with van der Waals surface area (Å²) in [6.45, 7) is 14.1. The average molecular weight is 228 g/mol. The van der Waals surface area contributed by atoms with Gasteiger partial charge in [0.2, 0.25) is 5.91 Å². The van der Waals surface area contributed by atoms with Crippen LogP contribution in [0, 0.1) is 16.7 Å². The zero-order chi connectivity index (χ0) is 13.0. The van der Waals surface area contributed by atoms with Crippen LogP contribution in [0.25, 0.3) is 0 Å². The number of carbonyl (C=O) groups excluding carboxylic acids is 1. The van der Waals surface area contributed by atoms with Crippen molar-refractivity contribution >= 4 is 5.91 Å². The molecular formula is C13H28N2O. The Morgan fingerprint density at radius 2 is 1.75 bits per heavy atom. The van der Waals surface area contributed by atoms with E-state index in [9.17, 15) is 4.79 Å². The van der Waals surface area contributed by atoms with Crippen molar-refractivity contribution in [3.63, 3.8) is 0 Å². The third kappa shape index (κ3) is 4.12. The number of amides is 1. The predicted octanol–water partition coefficient (Wildman–Crippen LogP) is 2.16. The quantitative estimate of drug-likeness (QED) is 0.757. The largest absolute Gasteiger partial charge is 0.355 e. The van der Waals surface area contributed by atoms with Gasteiger partial charge in [-0.05, 0) is 17.3 Å². The second-order valence-corrected chi connectivity index (χ2v) is 6.19. The van der Waals surface area contributed by atoms with Gasteiger partial charge in [0.15, 0.2) is 0 Å². The van der Waals surface area contributed by atoms with Gasteiger partial charge in [0.25, 0.3) is 0 Å². The monoisotopic (exact) mass is 228 g/mol. The molecule has 3 N–H and O–H groups in total. The minimum absolute atomic E-state index is 0.0456. The minimum atomic E-state index is -0.0456. The molecule has 16 heavy (non-hydrogen) atoms. The predicted molar refractivity (Wildman–Crippen MR) is 69.1 cm³/mol. The molecule has 0 spiro atoms. The Balaban J connectivity index is 4.30. The van der Waals surface area contributed by atoms with Gasteiger partial charge >= 0.3 is 0 Å². The van der Waals surface area contributed by atoms with Crippen LogP contribution in [-0.4, -0.2) is 19.0 Å². The lowest BCUT2D eigenvalue weighted by Gasteiger charge is -2.39. The van der Waals surface area contributed by atoms with Crippen molar-refractivity contribution < 1.29 is 4.79 Å². The second kappa shape index (κ2) is 5.67. The summed E-state index contributed by atoms with van der Waals surface area (Å²) < 4.78 is 0. The molecule has 0 rings (SSSR count). The van der Waals surface area contributed by atoms with Gasteiger partial charge in [-0.3, -0.25) is 4.79 Å². The summed E-state index contributed by atoms with van der Waals surface area (Å²) in [7, 11) is 0. The summed E-state index contributed by atoms with van der Waals surface area (Å²) in [5, 5.41) is 3.01. The van der Waals surface area contributed by atoms with Crippen LogP contribution >= 0.6 is 0 Å². The van der Waals surface area contributed by atoms with Crippen LogP contribution in [0.1, 0.15) is 48.0 Å². The smallest absolute Gasteiger partial charge is 0.224 e. The van der Waals surface area contributed by atoms with E-state index in [-0.39, 0.29) is 22.7 Å². The first-order valence-electron chi connectivity index (χ1n) is 6.13. The maximum atomic E-state index is 11.8. The van der Waals surface area contributed by atoms with Crippen molar-refractivity contribution in [1.29, 1.82) is 0 Å². The van der Waals surface area contributed by atoms with Gasteiger partial charge < -0.3 is 11.1 Å². The first-order valence-corrected chi connectivity index (χ1v) is 6.13. The van der Waals surface area contributed by atoms with E-state index < -0.39 is 0 Å². The van der Waals surface area contributed by atoms with E-state index in [4.69, 9.17) is 5.73 Å². The van der Waals surface area contributed by atoms with E-state index in [2.05, 4.69) is 39.9 Å². The number of hydrogen-bond acceptors (Lipinski definition) is 2. The standard InChI is InChI=1S/C13H28N2O/c1-7-10(8-14)11(16)15-9-13(5,6)12(2,3)4/h10H,7-9,14H2,1-6H3,(H,15,16). The lowest BCUT2D eigenvalue weighted by Crippen LogP contribution is -2.44. The summed E-state index contributed by atoms with van der Waals surface area (Å²) in [4.78, 5) is 11.8. The summed E-state index contributed by atoms with van der Waals surface area (Å²) in [6, 6.07) is 0. The van der Waals surface area contributed by atoms with Gasteiger partial charge in [0.1, 0.15) is 0 Å². The molecule has 96 valence electrons. The Kier molecular flexibility index (Phi) is 5.47. The van der Waals surface area contributed by atoms with Gasteiger partial charge in [-0.15, -0.1) is 0 Å². The molecular weight excluding hydrogens is 200 g/mol. The highest BCUT2D eigenvalue weighted by Crippen LogP contribution is 2.36. The minimum Gasteiger partial charge on any atom is -0.355 e. The maximum absolute atomic E-state index is 11.8. The molecule has 0 aliphatic carbocycles. The number of carbonyl (C=O) groups is 1. The Morgan fingerprint density at radius 3 is 2.06 bits per heavy atom. The number of rotatable bonds is 5. The Bertz CT molecular complexity index is 225. The average Bonchev–Trinajstić information content (AvgIpc) is 2.15. The van der Waals surface area contributed by atoms with Gasteiger partial charge in [0.05, 0.1) is 0 Å². The number of hydrogen-bond donors (Lipinski definition) is 2. The van der Waals surface area contributed by atoms with Gasteiger partial charge in [-0.1, -0.05) is 41.5 Å². The maximum Gasteiger partial charge on any atom is 0.224 e. The topological polar surface area (TPSA) is 55.1 Å². The third-order valence-electron chi connectivity index (χ3n) is 3.88. The molecule has 3 heteroatoms. The van der Waals surface area contributed by atoms with E-state index in [1.165, 1.54) is 0 Å². The highest BCUT2D eigenvalue weighted by atomic mass is 16.1. The van der Waals surface area contributed by atoms with Crippen LogP contribution in [0.5, 0.6) is 0 Å². The fraction of sp³-hybridized carbons (Fsp3) is 0.923. The van der Waals surface area contributed by atoms with E-state index in [0.29, 0.717) is 13.1 Å². The van der Waals surface area contributed by atoms with E-state index >= 15 is 0 Å². The Morgan fingerprint density at radius 1 is 1.25 bits per heavy atom. The number of nitrogens with one attached hydrogen (secondary N) is 1. The lowest BCUT2D eigenvalue weighted by atomic mass is 9.69. The molecule has 1 amide bonds. The molecule has 0 aliphatic rings. The van der Waals surface area contributed by atoms with Crippen LogP contribution in [0.4, 0.5) is 0 Å². The van der Waals surface area contributed by atoms with Crippen molar-refractivity contribution in [2.24, 2.45) is 22.5 Å². The van der Waals surface area contributed by atoms with Crippen molar-refractivity contribution in [2.45, 2.75) is 48.0 Å². The van der Waals surface area contributed by atoms with Gasteiger partial charge in [0, 0.05) is 19.0 Å². The fourth-order valence-electron chi connectivity index (χ4n) is 1.18. The number of nitrogens with two attached hydrogens (primary N) is 1. The summed E-state index contributed by atoms with van der Waals surface area (Å²) in [5.41, 5.74) is 5.80. The molecule has 0 aromatic heterocycles. The molecule has 0 aromatic rings. The normalized spacial score (nSPS) is 14.7. The zero-order valence-electron chi connectivity index (χ0n) is 11.7. The molecule has 3 nitrogen and oxygen atoms in total. The van der Waals surface area contributed by atoms with E-state index in [0.717, 1.165) is 6.42 Å². The molecule has 0 saturated carbocycles. The zero-order valence-corrected chi connectivity index (χ0v) is 11.7. The molecule has 0 radical (unpaired) electrons. The molecule has 0 aromatic carbocycles. The fourth-order valence-corrected chi connectivity index (χ4v) is 1.18. The van der Waals surface area contributed by atoms with Gasteiger partial charge in [-0.25, -0.2) is 0 Å². The summed E-state index contributed by atoms with van der Waals surface area (Å²) in [5.74, 6) is 0.0399. The first kappa shape index (κ1) is 15.4. The SMILES string of the molecule is CCC(CN)C(=O)NCC(C)(C)C(C)(C)C. The van der Waals surface area contributed by atoms with E-state index in [1.807, 2.05) is 6.92 Å².